The van der Waals surface area contributed by atoms with Gasteiger partial charge in [-0.3, -0.25) is 4.79 Å². The lowest BCUT2D eigenvalue weighted by atomic mass is 10.1. The van der Waals surface area contributed by atoms with Crippen molar-refractivity contribution in [3.05, 3.63) is 0 Å². The van der Waals surface area contributed by atoms with E-state index in [1.54, 1.807) is 30.6 Å². The second kappa shape index (κ2) is 11.7. The number of alkyl carbamates (subject to hydrolysis) is 1. The Morgan fingerprint density at radius 3 is 2.21 bits per heavy atom. The smallest absolute Gasteiger partial charge is 0.407 e. The standard InChI is InChI=1S/C18H34FN5O4/c1-18(2,3)28-17(27)22-8-5-4-6-14(20)15(25)23-10-12-24(13-11-23)16(26)21-9-7-19/h14H,4-13,20H2,1-3H3,(H,21,26)(H,22,27). The molecular weight excluding hydrogens is 369 g/mol. The summed E-state index contributed by atoms with van der Waals surface area (Å²) in [5.74, 6) is -0.135. The summed E-state index contributed by atoms with van der Waals surface area (Å²) in [5, 5.41) is 5.15. The third-order valence-corrected chi connectivity index (χ3v) is 4.18. The molecule has 1 unspecified atom stereocenters. The van der Waals surface area contributed by atoms with Crippen LogP contribution in [0.25, 0.3) is 0 Å². The second-order valence-electron chi connectivity index (χ2n) is 7.76. The van der Waals surface area contributed by atoms with Crippen molar-refractivity contribution in [2.24, 2.45) is 5.73 Å². The summed E-state index contributed by atoms with van der Waals surface area (Å²) >= 11 is 0. The number of nitrogens with two attached hydrogens (primary N) is 1. The van der Waals surface area contributed by atoms with E-state index in [4.69, 9.17) is 10.5 Å². The topological polar surface area (TPSA) is 117 Å². The summed E-state index contributed by atoms with van der Waals surface area (Å²) < 4.78 is 17.2. The van der Waals surface area contributed by atoms with Crippen LogP contribution in [0.2, 0.25) is 0 Å². The van der Waals surface area contributed by atoms with Crippen LogP contribution in [0, 0.1) is 0 Å². The van der Waals surface area contributed by atoms with Gasteiger partial charge in [0.05, 0.1) is 6.04 Å². The summed E-state index contributed by atoms with van der Waals surface area (Å²) in [6.45, 7) is 6.87. The zero-order chi connectivity index (χ0) is 21.2. The first-order valence-corrected chi connectivity index (χ1v) is 9.74. The van der Waals surface area contributed by atoms with Gasteiger partial charge in [-0.2, -0.15) is 0 Å². The Morgan fingerprint density at radius 2 is 1.64 bits per heavy atom. The summed E-state index contributed by atoms with van der Waals surface area (Å²) in [4.78, 5) is 38.9. The molecule has 0 aromatic heterocycles. The average molecular weight is 403 g/mol. The van der Waals surface area contributed by atoms with Gasteiger partial charge in [-0.1, -0.05) is 0 Å². The monoisotopic (exact) mass is 403 g/mol. The van der Waals surface area contributed by atoms with Crippen LogP contribution in [0.4, 0.5) is 14.0 Å². The number of urea groups is 1. The molecule has 1 heterocycles. The Bertz CT molecular complexity index is 519. The number of amides is 4. The van der Waals surface area contributed by atoms with Gasteiger partial charge in [0.2, 0.25) is 5.91 Å². The normalized spacial score (nSPS) is 15.8. The molecule has 0 saturated carbocycles. The molecule has 1 rings (SSSR count). The van der Waals surface area contributed by atoms with Gasteiger partial charge in [-0.15, -0.1) is 0 Å². The van der Waals surface area contributed by atoms with Crippen molar-refractivity contribution in [1.29, 1.82) is 0 Å². The van der Waals surface area contributed by atoms with Crippen LogP contribution in [0.15, 0.2) is 0 Å². The highest BCUT2D eigenvalue weighted by Gasteiger charge is 2.26. The van der Waals surface area contributed by atoms with Gasteiger partial charge in [0.15, 0.2) is 0 Å². The molecule has 0 bridgehead atoms. The first kappa shape index (κ1) is 23.9. The molecule has 4 amide bonds. The van der Waals surface area contributed by atoms with E-state index >= 15 is 0 Å². The molecule has 9 nitrogen and oxygen atoms in total. The highest BCUT2D eigenvalue weighted by molar-refractivity contribution is 5.82. The fraction of sp³-hybridized carbons (Fsp3) is 0.833. The van der Waals surface area contributed by atoms with Crippen molar-refractivity contribution in [2.75, 3.05) is 45.9 Å². The van der Waals surface area contributed by atoms with Gasteiger partial charge in [0.25, 0.3) is 0 Å². The van der Waals surface area contributed by atoms with Gasteiger partial charge in [0, 0.05) is 39.3 Å². The molecule has 0 aromatic carbocycles. The van der Waals surface area contributed by atoms with Crippen LogP contribution in [-0.2, 0) is 9.53 Å². The number of nitrogens with one attached hydrogen (secondary N) is 2. The first-order valence-electron chi connectivity index (χ1n) is 9.74. The summed E-state index contributed by atoms with van der Waals surface area (Å²) in [6.07, 6.45) is 1.46. The molecule has 1 saturated heterocycles. The molecule has 0 spiro atoms. The number of alkyl halides is 1. The maximum absolute atomic E-state index is 12.4. The van der Waals surface area contributed by atoms with E-state index < -0.39 is 24.4 Å². The van der Waals surface area contributed by atoms with Crippen LogP contribution < -0.4 is 16.4 Å². The number of halogens is 1. The van der Waals surface area contributed by atoms with E-state index in [1.165, 1.54) is 0 Å². The van der Waals surface area contributed by atoms with Crippen LogP contribution in [0.3, 0.4) is 0 Å². The van der Waals surface area contributed by atoms with Crippen molar-refractivity contribution < 1.29 is 23.5 Å². The second-order valence-corrected chi connectivity index (χ2v) is 7.76. The van der Waals surface area contributed by atoms with Crippen molar-refractivity contribution in [3.63, 3.8) is 0 Å². The lowest BCUT2D eigenvalue weighted by Gasteiger charge is -2.35. The van der Waals surface area contributed by atoms with Gasteiger partial charge in [-0.25, -0.2) is 14.0 Å². The minimum Gasteiger partial charge on any atom is -0.444 e. The van der Waals surface area contributed by atoms with Crippen LogP contribution in [0.5, 0.6) is 0 Å². The van der Waals surface area contributed by atoms with E-state index in [-0.39, 0.29) is 18.5 Å². The SMILES string of the molecule is CC(C)(C)OC(=O)NCCCCC(N)C(=O)N1CCN(C(=O)NCCF)CC1. The van der Waals surface area contributed by atoms with Crippen molar-refractivity contribution in [2.45, 2.75) is 51.7 Å². The summed E-state index contributed by atoms with van der Waals surface area (Å²) in [6, 6.07) is -0.917. The third kappa shape index (κ3) is 9.20. The van der Waals surface area contributed by atoms with E-state index in [2.05, 4.69) is 10.6 Å². The number of ether oxygens (including phenoxy) is 1. The maximum Gasteiger partial charge on any atom is 0.407 e. The minimum atomic E-state index is -0.605. The van der Waals surface area contributed by atoms with Crippen molar-refractivity contribution in [1.82, 2.24) is 20.4 Å². The predicted molar refractivity (Wildman–Crippen MR) is 104 cm³/mol. The molecule has 0 aliphatic carbocycles. The van der Waals surface area contributed by atoms with E-state index in [0.717, 1.165) is 0 Å². The molecule has 1 aliphatic rings. The molecule has 0 aromatic rings. The van der Waals surface area contributed by atoms with Gasteiger partial charge in [-0.05, 0) is 40.0 Å². The number of hydrogen-bond donors (Lipinski definition) is 3. The molecule has 162 valence electrons. The van der Waals surface area contributed by atoms with Gasteiger partial charge < -0.3 is 30.9 Å². The highest BCUT2D eigenvalue weighted by Crippen LogP contribution is 2.08. The Morgan fingerprint density at radius 1 is 1.04 bits per heavy atom. The summed E-state index contributed by atoms with van der Waals surface area (Å²) in [5.41, 5.74) is 5.46. The fourth-order valence-corrected chi connectivity index (χ4v) is 2.75. The lowest BCUT2D eigenvalue weighted by molar-refractivity contribution is -0.134. The van der Waals surface area contributed by atoms with Gasteiger partial charge in [0.1, 0.15) is 12.3 Å². The molecule has 10 heteroatoms. The molecule has 28 heavy (non-hydrogen) atoms. The molecule has 1 atom stereocenters. The van der Waals surface area contributed by atoms with Crippen LogP contribution in [0.1, 0.15) is 40.0 Å². The van der Waals surface area contributed by atoms with Crippen molar-refractivity contribution in [3.8, 4) is 0 Å². The molecule has 1 aliphatic heterocycles. The van der Waals surface area contributed by atoms with E-state index in [9.17, 15) is 18.8 Å². The Kier molecular flexibility index (Phi) is 9.98. The number of rotatable bonds is 8. The zero-order valence-corrected chi connectivity index (χ0v) is 17.1. The average Bonchev–Trinajstić information content (AvgIpc) is 2.63. The number of carbonyl (C=O) groups is 3. The Balaban J connectivity index is 2.20. The highest BCUT2D eigenvalue weighted by atomic mass is 19.1. The molecular formula is C18H34FN5O4. The van der Waals surface area contributed by atoms with Crippen LogP contribution >= 0.6 is 0 Å². The van der Waals surface area contributed by atoms with Gasteiger partial charge >= 0.3 is 12.1 Å². The number of carbonyl (C=O) groups excluding carboxylic acids is 3. The number of nitrogens with zero attached hydrogens (tertiary/aromatic N) is 2. The first-order chi connectivity index (χ1) is 13.1. The quantitative estimate of drug-likeness (QED) is 0.519. The van der Waals surface area contributed by atoms with Crippen LogP contribution in [-0.4, -0.2) is 85.4 Å². The maximum atomic E-state index is 12.4. The van der Waals surface area contributed by atoms with Crippen molar-refractivity contribution >= 4 is 18.0 Å². The van der Waals surface area contributed by atoms with E-state index in [0.29, 0.717) is 52.0 Å². The largest absolute Gasteiger partial charge is 0.444 e. The Hall–Kier alpha value is -2.10. The fourth-order valence-electron chi connectivity index (χ4n) is 2.75. The lowest BCUT2D eigenvalue weighted by Crippen LogP contribution is -2.56. The summed E-state index contributed by atoms with van der Waals surface area (Å²) in [7, 11) is 0. The molecule has 4 N–H and O–H groups in total. The minimum absolute atomic E-state index is 0.00830. The predicted octanol–water partition coefficient (Wildman–Crippen LogP) is 0.832. The number of hydrogen-bond acceptors (Lipinski definition) is 5. The zero-order valence-electron chi connectivity index (χ0n) is 17.1. The number of piperazine rings is 1. The number of unbranched alkanes of at least 4 members (excludes halogenated alkanes) is 1. The molecule has 1 fully saturated rings. The Labute approximate surface area is 166 Å². The molecule has 0 radical (unpaired) electrons. The third-order valence-electron chi connectivity index (χ3n) is 4.18. The van der Waals surface area contributed by atoms with E-state index in [1.807, 2.05) is 0 Å².